The van der Waals surface area contributed by atoms with Crippen molar-refractivity contribution in [1.82, 2.24) is 19.5 Å². The average molecular weight is 465 g/mol. The highest BCUT2D eigenvalue weighted by atomic mass is 35.5. The summed E-state index contributed by atoms with van der Waals surface area (Å²) in [5.41, 5.74) is 11.3. The van der Waals surface area contributed by atoms with Gasteiger partial charge in [-0.25, -0.2) is 9.37 Å². The van der Waals surface area contributed by atoms with Crippen LogP contribution in [0.3, 0.4) is 0 Å². The molecule has 0 spiro atoms. The Labute approximate surface area is 197 Å². The van der Waals surface area contributed by atoms with Crippen LogP contribution in [-0.4, -0.2) is 45.7 Å². The van der Waals surface area contributed by atoms with Gasteiger partial charge in [-0.15, -0.1) is 0 Å². The van der Waals surface area contributed by atoms with Gasteiger partial charge in [0.25, 0.3) is 0 Å². The van der Waals surface area contributed by atoms with Crippen molar-refractivity contribution in [2.45, 2.75) is 25.8 Å². The predicted molar refractivity (Wildman–Crippen MR) is 132 cm³/mol. The molecule has 33 heavy (non-hydrogen) atoms. The molecule has 0 radical (unpaired) electrons. The minimum atomic E-state index is -0.323. The van der Waals surface area contributed by atoms with Crippen LogP contribution in [0.15, 0.2) is 48.7 Å². The van der Waals surface area contributed by atoms with Crippen molar-refractivity contribution in [3.8, 4) is 22.3 Å². The first-order valence-corrected chi connectivity index (χ1v) is 11.4. The number of anilines is 2. The van der Waals surface area contributed by atoms with E-state index in [1.54, 1.807) is 16.8 Å². The lowest BCUT2D eigenvalue weighted by molar-refractivity contribution is 0.264. The molecule has 1 aliphatic heterocycles. The third-order valence-corrected chi connectivity index (χ3v) is 6.56. The minimum Gasteiger partial charge on any atom is -0.383 e. The Hall–Kier alpha value is -3.16. The normalized spacial score (nSPS) is 15.3. The predicted octanol–water partition coefficient (Wildman–Crippen LogP) is 5.25. The fourth-order valence-corrected chi connectivity index (χ4v) is 4.72. The van der Waals surface area contributed by atoms with E-state index in [0.29, 0.717) is 33.7 Å². The first kappa shape index (κ1) is 21.7. The molecular formula is C25H26ClFN6. The van der Waals surface area contributed by atoms with Gasteiger partial charge in [-0.3, -0.25) is 0 Å². The Kier molecular flexibility index (Phi) is 5.68. The van der Waals surface area contributed by atoms with Gasteiger partial charge in [0, 0.05) is 33.4 Å². The number of likely N-dealkylation sites (tertiary alicyclic amines) is 1. The van der Waals surface area contributed by atoms with Crippen LogP contribution in [0.4, 0.5) is 15.9 Å². The van der Waals surface area contributed by atoms with Gasteiger partial charge < -0.3 is 16.0 Å². The molecule has 1 aliphatic rings. The van der Waals surface area contributed by atoms with Crippen molar-refractivity contribution in [2.24, 2.45) is 0 Å². The van der Waals surface area contributed by atoms with Crippen LogP contribution < -0.4 is 11.1 Å². The highest BCUT2D eigenvalue weighted by Crippen LogP contribution is 2.35. The van der Waals surface area contributed by atoms with E-state index in [0.717, 1.165) is 48.4 Å². The summed E-state index contributed by atoms with van der Waals surface area (Å²) in [5, 5.41) is 8.62. The van der Waals surface area contributed by atoms with Gasteiger partial charge in [0.05, 0.1) is 11.9 Å². The molecule has 3 N–H and O–H groups in total. The molecule has 170 valence electrons. The number of rotatable bonds is 4. The average Bonchev–Trinajstić information content (AvgIpc) is 3.20. The SMILES string of the molecule is Cc1nc2c(-c3cc(NC4CCN(C)CC4)ccc3F)cnn2c(N)c1-c1cccc(Cl)c1. The number of nitrogens with one attached hydrogen (secondary N) is 1. The number of benzene rings is 2. The fraction of sp³-hybridized carbons (Fsp3) is 0.280. The van der Waals surface area contributed by atoms with E-state index in [-0.39, 0.29) is 5.82 Å². The third kappa shape index (κ3) is 4.14. The van der Waals surface area contributed by atoms with E-state index in [1.165, 1.54) is 6.07 Å². The van der Waals surface area contributed by atoms with Crippen molar-refractivity contribution in [3.05, 3.63) is 65.2 Å². The maximum absolute atomic E-state index is 14.9. The minimum absolute atomic E-state index is 0.323. The first-order valence-electron chi connectivity index (χ1n) is 11.1. The number of aryl methyl sites for hydroxylation is 1. The van der Waals surface area contributed by atoms with Gasteiger partial charge in [0.1, 0.15) is 11.6 Å². The number of fused-ring (bicyclic) bond motifs is 1. The van der Waals surface area contributed by atoms with Crippen LogP contribution in [0.25, 0.3) is 27.9 Å². The second-order valence-corrected chi connectivity index (χ2v) is 9.11. The van der Waals surface area contributed by atoms with Gasteiger partial charge in [0.15, 0.2) is 5.65 Å². The number of nitrogens with zero attached hydrogens (tertiary/aromatic N) is 4. The zero-order valence-electron chi connectivity index (χ0n) is 18.6. The van der Waals surface area contributed by atoms with Crippen LogP contribution in [0.2, 0.25) is 5.02 Å². The van der Waals surface area contributed by atoms with Crippen LogP contribution in [0, 0.1) is 12.7 Å². The summed E-state index contributed by atoms with van der Waals surface area (Å²) in [7, 11) is 2.13. The Morgan fingerprint density at radius 2 is 1.91 bits per heavy atom. The number of halogens is 2. The molecule has 0 bridgehead atoms. The highest BCUT2D eigenvalue weighted by molar-refractivity contribution is 6.30. The van der Waals surface area contributed by atoms with Gasteiger partial charge >= 0.3 is 0 Å². The monoisotopic (exact) mass is 464 g/mol. The summed E-state index contributed by atoms with van der Waals surface area (Å²) in [4.78, 5) is 7.08. The summed E-state index contributed by atoms with van der Waals surface area (Å²) in [5.74, 6) is 0.114. The van der Waals surface area contributed by atoms with Crippen molar-refractivity contribution in [3.63, 3.8) is 0 Å². The standard InChI is InChI=1S/C25H26ClFN6/c1-15-23(16-4-3-5-17(26)12-16)24(28)33-25(30-15)21(14-29-33)20-13-19(6-7-22(20)27)31-18-8-10-32(2)11-9-18/h3-7,12-14,18,31H,8-11,28H2,1-2H3. The maximum Gasteiger partial charge on any atom is 0.165 e. The molecule has 1 saturated heterocycles. The lowest BCUT2D eigenvalue weighted by atomic mass is 10.0. The molecule has 0 amide bonds. The highest BCUT2D eigenvalue weighted by Gasteiger charge is 2.20. The lowest BCUT2D eigenvalue weighted by Gasteiger charge is -2.30. The summed E-state index contributed by atoms with van der Waals surface area (Å²) in [6.45, 7) is 3.99. The number of aromatic nitrogens is 3. The van der Waals surface area contributed by atoms with E-state index < -0.39 is 0 Å². The van der Waals surface area contributed by atoms with Crippen molar-refractivity contribution >= 4 is 28.8 Å². The van der Waals surface area contributed by atoms with Crippen molar-refractivity contribution in [1.29, 1.82) is 0 Å². The molecule has 0 unspecified atom stereocenters. The van der Waals surface area contributed by atoms with E-state index in [9.17, 15) is 4.39 Å². The number of nitrogen functional groups attached to an aromatic ring is 1. The Bertz CT molecular complexity index is 1330. The molecule has 0 saturated carbocycles. The van der Waals surface area contributed by atoms with Gasteiger partial charge in [-0.05, 0) is 75.8 Å². The zero-order valence-corrected chi connectivity index (χ0v) is 19.4. The maximum atomic E-state index is 14.9. The number of piperidine rings is 1. The van der Waals surface area contributed by atoms with Crippen molar-refractivity contribution in [2.75, 3.05) is 31.2 Å². The molecule has 8 heteroatoms. The fourth-order valence-electron chi connectivity index (χ4n) is 4.53. The zero-order chi connectivity index (χ0) is 23.1. The Morgan fingerprint density at radius 1 is 1.12 bits per heavy atom. The summed E-state index contributed by atoms with van der Waals surface area (Å²) >= 11 is 6.18. The van der Waals surface area contributed by atoms with Gasteiger partial charge in [-0.2, -0.15) is 9.61 Å². The topological polar surface area (TPSA) is 71.5 Å². The summed E-state index contributed by atoms with van der Waals surface area (Å²) in [6, 6.07) is 12.9. The molecule has 0 atom stereocenters. The van der Waals surface area contributed by atoms with Gasteiger partial charge in [0.2, 0.25) is 0 Å². The van der Waals surface area contributed by atoms with E-state index >= 15 is 0 Å². The third-order valence-electron chi connectivity index (χ3n) is 6.32. The molecule has 2 aromatic carbocycles. The lowest BCUT2D eigenvalue weighted by Crippen LogP contribution is -2.36. The van der Waals surface area contributed by atoms with E-state index in [2.05, 4.69) is 22.4 Å². The van der Waals surface area contributed by atoms with Crippen LogP contribution >= 0.6 is 11.6 Å². The van der Waals surface area contributed by atoms with Crippen molar-refractivity contribution < 1.29 is 4.39 Å². The second-order valence-electron chi connectivity index (χ2n) is 8.68. The first-order chi connectivity index (χ1) is 15.9. The number of hydrogen-bond acceptors (Lipinski definition) is 5. The molecule has 2 aromatic heterocycles. The largest absolute Gasteiger partial charge is 0.383 e. The Morgan fingerprint density at radius 3 is 2.67 bits per heavy atom. The second kappa shape index (κ2) is 8.65. The smallest absolute Gasteiger partial charge is 0.165 e. The molecule has 6 nitrogen and oxygen atoms in total. The molecular weight excluding hydrogens is 439 g/mol. The summed E-state index contributed by atoms with van der Waals surface area (Å²) in [6.07, 6.45) is 3.74. The number of nitrogens with two attached hydrogens (primary N) is 1. The van der Waals surface area contributed by atoms with E-state index in [4.69, 9.17) is 22.3 Å². The molecule has 3 heterocycles. The summed E-state index contributed by atoms with van der Waals surface area (Å²) < 4.78 is 16.5. The molecule has 4 aromatic rings. The van der Waals surface area contributed by atoms with Crippen LogP contribution in [-0.2, 0) is 0 Å². The Balaban J connectivity index is 1.54. The van der Waals surface area contributed by atoms with Crippen LogP contribution in [0.5, 0.6) is 0 Å². The van der Waals surface area contributed by atoms with Crippen LogP contribution in [0.1, 0.15) is 18.5 Å². The molecule has 0 aliphatic carbocycles. The quantitative estimate of drug-likeness (QED) is 0.431. The molecule has 5 rings (SSSR count). The number of hydrogen-bond donors (Lipinski definition) is 2. The molecule has 1 fully saturated rings. The van der Waals surface area contributed by atoms with E-state index in [1.807, 2.05) is 37.3 Å². The van der Waals surface area contributed by atoms with Gasteiger partial charge in [-0.1, -0.05) is 23.7 Å².